The van der Waals surface area contributed by atoms with Crippen LogP contribution in [-0.4, -0.2) is 21.5 Å². The molecule has 0 spiro atoms. The van der Waals surface area contributed by atoms with Crippen LogP contribution in [0, 0.1) is 0 Å². The molecule has 2 N–H and O–H groups in total. The molecule has 0 amide bonds. The molecule has 0 saturated carbocycles. The largest absolute Gasteiger partial charge is 0.369 e. The van der Waals surface area contributed by atoms with Crippen LogP contribution in [0.3, 0.4) is 0 Å². The monoisotopic (exact) mass is 309 g/mol. The van der Waals surface area contributed by atoms with E-state index in [9.17, 15) is 0 Å². The Labute approximate surface area is 127 Å². The van der Waals surface area contributed by atoms with Gasteiger partial charge in [0.2, 0.25) is 5.96 Å². The summed E-state index contributed by atoms with van der Waals surface area (Å²) in [4.78, 5) is 14.5. The Hall–Kier alpha value is -1.66. The highest BCUT2D eigenvalue weighted by Gasteiger charge is 2.27. The zero-order valence-electron chi connectivity index (χ0n) is 11.5. The molecule has 2 aromatic rings. The van der Waals surface area contributed by atoms with Gasteiger partial charge in [0.25, 0.3) is 0 Å². The minimum Gasteiger partial charge on any atom is -0.369 e. The molecule has 2 heterocycles. The third-order valence-electron chi connectivity index (χ3n) is 2.48. The fourth-order valence-corrected chi connectivity index (χ4v) is 2.69. The van der Waals surface area contributed by atoms with Crippen LogP contribution < -0.4 is 10.6 Å². The van der Waals surface area contributed by atoms with Gasteiger partial charge in [-0.1, -0.05) is 11.6 Å². The van der Waals surface area contributed by atoms with Crippen molar-refractivity contribution in [2.75, 3.05) is 4.90 Å². The van der Waals surface area contributed by atoms with Gasteiger partial charge in [0.1, 0.15) is 5.69 Å². The summed E-state index contributed by atoms with van der Waals surface area (Å²) in [6, 6.07) is 3.54. The lowest BCUT2D eigenvalue weighted by Gasteiger charge is -2.34. The molecule has 20 heavy (non-hydrogen) atoms. The van der Waals surface area contributed by atoms with Crippen LogP contribution in [0.2, 0.25) is 5.15 Å². The van der Waals surface area contributed by atoms with Gasteiger partial charge in [0.15, 0.2) is 10.3 Å². The standard InChI is InChI=1S/C13H16ClN5S/c1-13(2,3)19(12-17-7-8-20-12)11(15)18-9-5-4-6-16-10(9)14/h4-8H,1-3H3,(H2,15,18). The second-order valence-electron chi connectivity index (χ2n) is 5.10. The Bertz CT molecular complexity index is 603. The average molecular weight is 310 g/mol. The topological polar surface area (TPSA) is 67.4 Å². The maximum atomic E-state index is 6.15. The molecule has 0 bridgehead atoms. The number of halogens is 1. The fraction of sp³-hybridized carbons (Fsp3) is 0.308. The molecule has 7 heteroatoms. The lowest BCUT2D eigenvalue weighted by molar-refractivity contribution is 0.568. The molecule has 0 aliphatic heterocycles. The zero-order chi connectivity index (χ0) is 14.8. The molecule has 5 nitrogen and oxygen atoms in total. The number of guanidine groups is 1. The maximum absolute atomic E-state index is 6.15. The first-order valence-electron chi connectivity index (χ1n) is 6.04. The molecule has 2 aromatic heterocycles. The summed E-state index contributed by atoms with van der Waals surface area (Å²) in [7, 11) is 0. The summed E-state index contributed by atoms with van der Waals surface area (Å²) in [5, 5.41) is 3.01. The van der Waals surface area contributed by atoms with E-state index in [4.69, 9.17) is 17.3 Å². The molecular formula is C13H16ClN5S. The fourth-order valence-electron chi connectivity index (χ4n) is 1.69. The smallest absolute Gasteiger partial charge is 0.203 e. The number of hydrogen-bond donors (Lipinski definition) is 1. The molecule has 0 aliphatic carbocycles. The van der Waals surface area contributed by atoms with Crippen molar-refractivity contribution in [3.63, 3.8) is 0 Å². The van der Waals surface area contributed by atoms with Crippen molar-refractivity contribution in [3.05, 3.63) is 35.1 Å². The lowest BCUT2D eigenvalue weighted by Crippen LogP contribution is -2.49. The quantitative estimate of drug-likeness (QED) is 0.524. The number of rotatable bonds is 2. The number of thiazole rings is 1. The first kappa shape index (κ1) is 14.7. The second-order valence-corrected chi connectivity index (χ2v) is 6.34. The van der Waals surface area contributed by atoms with Gasteiger partial charge in [-0.3, -0.25) is 4.90 Å². The number of nitrogens with two attached hydrogens (primary N) is 1. The van der Waals surface area contributed by atoms with E-state index < -0.39 is 0 Å². The van der Waals surface area contributed by atoms with E-state index in [1.54, 1.807) is 24.5 Å². The normalized spacial score (nSPS) is 12.5. The predicted molar refractivity (Wildman–Crippen MR) is 84.9 cm³/mol. The Kier molecular flexibility index (Phi) is 4.25. The van der Waals surface area contributed by atoms with Gasteiger partial charge in [-0.15, -0.1) is 11.3 Å². The van der Waals surface area contributed by atoms with Crippen LogP contribution in [0.1, 0.15) is 20.8 Å². The molecule has 0 fully saturated rings. The van der Waals surface area contributed by atoms with Crippen molar-refractivity contribution in [1.29, 1.82) is 0 Å². The minimum absolute atomic E-state index is 0.250. The van der Waals surface area contributed by atoms with Gasteiger partial charge in [0, 0.05) is 23.3 Å². The molecule has 106 valence electrons. The van der Waals surface area contributed by atoms with Crippen molar-refractivity contribution in [2.24, 2.45) is 10.7 Å². The highest BCUT2D eigenvalue weighted by atomic mass is 35.5. The summed E-state index contributed by atoms with van der Waals surface area (Å²) in [6.07, 6.45) is 3.35. The zero-order valence-corrected chi connectivity index (χ0v) is 13.1. The van der Waals surface area contributed by atoms with Crippen molar-refractivity contribution < 1.29 is 0 Å². The van der Waals surface area contributed by atoms with Crippen LogP contribution in [0.25, 0.3) is 0 Å². The number of aliphatic imine (C=N–C) groups is 1. The summed E-state index contributed by atoms with van der Waals surface area (Å²) >= 11 is 7.51. The molecule has 0 aromatic carbocycles. The van der Waals surface area contributed by atoms with Crippen molar-refractivity contribution in [3.8, 4) is 0 Å². The molecule has 0 atom stereocenters. The van der Waals surface area contributed by atoms with Gasteiger partial charge in [0.05, 0.1) is 0 Å². The van der Waals surface area contributed by atoms with Gasteiger partial charge in [-0.05, 0) is 32.9 Å². The Balaban J connectivity index is 2.42. The molecule has 0 unspecified atom stereocenters. The van der Waals surface area contributed by atoms with E-state index in [2.05, 4.69) is 15.0 Å². The van der Waals surface area contributed by atoms with Crippen molar-refractivity contribution in [2.45, 2.75) is 26.3 Å². The predicted octanol–water partition coefficient (Wildman–Crippen LogP) is 3.44. The molecule has 2 rings (SSSR count). The maximum Gasteiger partial charge on any atom is 0.203 e. The highest BCUT2D eigenvalue weighted by Crippen LogP contribution is 2.27. The Morgan fingerprint density at radius 3 is 2.65 bits per heavy atom. The number of nitrogens with zero attached hydrogens (tertiary/aromatic N) is 4. The van der Waals surface area contributed by atoms with E-state index in [1.165, 1.54) is 11.3 Å². The first-order valence-corrected chi connectivity index (χ1v) is 7.30. The summed E-state index contributed by atoms with van der Waals surface area (Å²) in [5.41, 5.74) is 6.44. The van der Waals surface area contributed by atoms with Gasteiger partial charge in [-0.25, -0.2) is 15.0 Å². The summed E-state index contributed by atoms with van der Waals surface area (Å²) < 4.78 is 0. The third-order valence-corrected chi connectivity index (χ3v) is 3.53. The van der Waals surface area contributed by atoms with Crippen LogP contribution >= 0.6 is 22.9 Å². The number of aromatic nitrogens is 2. The highest BCUT2D eigenvalue weighted by molar-refractivity contribution is 7.13. The Morgan fingerprint density at radius 1 is 1.35 bits per heavy atom. The third kappa shape index (κ3) is 3.26. The molecule has 0 saturated heterocycles. The average Bonchev–Trinajstić information content (AvgIpc) is 2.84. The SMILES string of the molecule is CC(C)(C)N(C(N)=Nc1cccnc1Cl)c1nccs1. The van der Waals surface area contributed by atoms with Gasteiger partial charge < -0.3 is 5.73 Å². The van der Waals surface area contributed by atoms with Crippen LogP contribution in [0.4, 0.5) is 10.8 Å². The second kappa shape index (κ2) is 5.76. The minimum atomic E-state index is -0.250. The van der Waals surface area contributed by atoms with E-state index in [0.717, 1.165) is 5.13 Å². The number of hydrogen-bond acceptors (Lipinski definition) is 4. The van der Waals surface area contributed by atoms with Crippen LogP contribution in [0.15, 0.2) is 34.9 Å². The number of anilines is 1. The van der Waals surface area contributed by atoms with E-state index in [1.807, 2.05) is 31.1 Å². The molecule has 0 aliphatic rings. The summed E-state index contributed by atoms with van der Waals surface area (Å²) in [5.74, 6) is 0.336. The first-order chi connectivity index (χ1) is 9.39. The van der Waals surface area contributed by atoms with Crippen LogP contribution in [0.5, 0.6) is 0 Å². The van der Waals surface area contributed by atoms with Crippen molar-refractivity contribution >= 4 is 39.7 Å². The molecular weight excluding hydrogens is 294 g/mol. The van der Waals surface area contributed by atoms with Gasteiger partial charge >= 0.3 is 0 Å². The summed E-state index contributed by atoms with van der Waals surface area (Å²) in [6.45, 7) is 6.13. The number of pyridine rings is 1. The lowest BCUT2D eigenvalue weighted by atomic mass is 10.1. The molecule has 0 radical (unpaired) electrons. The van der Waals surface area contributed by atoms with Crippen molar-refractivity contribution in [1.82, 2.24) is 9.97 Å². The Morgan fingerprint density at radius 2 is 2.10 bits per heavy atom. The van der Waals surface area contributed by atoms with Crippen LogP contribution in [-0.2, 0) is 0 Å². The van der Waals surface area contributed by atoms with E-state index >= 15 is 0 Å². The van der Waals surface area contributed by atoms with Gasteiger partial charge in [-0.2, -0.15) is 0 Å². The van der Waals surface area contributed by atoms with E-state index in [-0.39, 0.29) is 5.54 Å². The van der Waals surface area contributed by atoms with E-state index in [0.29, 0.717) is 16.8 Å².